The first-order chi connectivity index (χ1) is 13.8. The fourth-order valence-electron chi connectivity index (χ4n) is 2.52. The molecule has 0 spiro atoms. The minimum Gasteiger partial charge on any atom is -0.491 e. The van der Waals surface area contributed by atoms with E-state index in [1.54, 1.807) is 0 Å². The van der Waals surface area contributed by atoms with Crippen LogP contribution in [0.2, 0.25) is 0 Å². The van der Waals surface area contributed by atoms with Gasteiger partial charge in [0.2, 0.25) is 0 Å². The molecule has 0 aromatic heterocycles. The second kappa shape index (κ2) is 11.2. The van der Waals surface area contributed by atoms with E-state index in [0.717, 1.165) is 11.3 Å². The molecule has 0 unspecified atom stereocenters. The Morgan fingerprint density at radius 1 is 0.966 bits per heavy atom. The quantitative estimate of drug-likeness (QED) is 0.173. The molecule has 0 amide bonds. The molecule has 1 aromatic carbocycles. The number of ether oxygens (including phenoxy) is 3. The summed E-state index contributed by atoms with van der Waals surface area (Å²) in [5, 5.41) is 3.38. The second-order valence-electron chi connectivity index (χ2n) is 7.58. The first kappa shape index (κ1) is 23.3. The van der Waals surface area contributed by atoms with Crippen LogP contribution in [0.5, 0.6) is 5.75 Å². The van der Waals surface area contributed by atoms with Crippen molar-refractivity contribution in [3.8, 4) is 5.75 Å². The summed E-state index contributed by atoms with van der Waals surface area (Å²) in [6, 6.07) is 7.80. The molecular formula is C20H30BN3O5. The Morgan fingerprint density at radius 3 is 2.17 bits per heavy atom. The highest BCUT2D eigenvalue weighted by Gasteiger charge is 2.49. The fraction of sp³-hybridized carbons (Fsp3) is 0.600. The van der Waals surface area contributed by atoms with Crippen molar-refractivity contribution in [3.05, 3.63) is 46.2 Å². The third-order valence-corrected chi connectivity index (χ3v) is 4.86. The molecule has 1 saturated heterocycles. The maximum Gasteiger partial charge on any atom is 0.487 e. The number of hydrogen-bond donors (Lipinski definition) is 0. The van der Waals surface area contributed by atoms with Gasteiger partial charge in [0.25, 0.3) is 0 Å². The van der Waals surface area contributed by atoms with Crippen LogP contribution in [0.25, 0.3) is 16.5 Å². The second-order valence-corrected chi connectivity index (χ2v) is 7.58. The Bertz CT molecular complexity index is 687. The SMILES string of the molecule is CC1(C)OB(/C=C/c2ccc(OCCOCCOCCN=[N+]=[N-])cc2)OC1(C)C. The van der Waals surface area contributed by atoms with Crippen LogP contribution in [0.15, 0.2) is 35.4 Å². The summed E-state index contributed by atoms with van der Waals surface area (Å²) in [5.41, 5.74) is 8.51. The van der Waals surface area contributed by atoms with Gasteiger partial charge in [-0.2, -0.15) is 0 Å². The normalized spacial score (nSPS) is 17.4. The zero-order valence-corrected chi connectivity index (χ0v) is 17.7. The van der Waals surface area contributed by atoms with Gasteiger partial charge in [0.1, 0.15) is 12.4 Å². The molecule has 158 valence electrons. The Kier molecular flexibility index (Phi) is 9.01. The molecule has 1 heterocycles. The molecule has 0 saturated carbocycles. The van der Waals surface area contributed by atoms with Crippen LogP contribution >= 0.6 is 0 Å². The highest BCUT2D eigenvalue weighted by atomic mass is 16.7. The van der Waals surface area contributed by atoms with Gasteiger partial charge in [-0.1, -0.05) is 29.3 Å². The van der Waals surface area contributed by atoms with E-state index in [2.05, 4.69) is 10.0 Å². The van der Waals surface area contributed by atoms with E-state index < -0.39 is 0 Å². The average molecular weight is 403 g/mol. The van der Waals surface area contributed by atoms with Gasteiger partial charge in [0, 0.05) is 11.5 Å². The van der Waals surface area contributed by atoms with Crippen molar-refractivity contribution in [1.82, 2.24) is 0 Å². The highest BCUT2D eigenvalue weighted by Crippen LogP contribution is 2.37. The minimum absolute atomic E-state index is 0.333. The number of benzene rings is 1. The summed E-state index contributed by atoms with van der Waals surface area (Å²) >= 11 is 0. The zero-order valence-electron chi connectivity index (χ0n) is 17.7. The van der Waals surface area contributed by atoms with E-state index in [-0.39, 0.29) is 18.3 Å². The van der Waals surface area contributed by atoms with Crippen LogP contribution in [-0.4, -0.2) is 57.9 Å². The number of rotatable bonds is 12. The summed E-state index contributed by atoms with van der Waals surface area (Å²) < 4.78 is 28.2. The summed E-state index contributed by atoms with van der Waals surface area (Å²) in [6.45, 7) is 10.8. The lowest BCUT2D eigenvalue weighted by Gasteiger charge is -2.32. The van der Waals surface area contributed by atoms with Crippen molar-refractivity contribution in [2.75, 3.05) is 39.6 Å². The summed E-state index contributed by atoms with van der Waals surface area (Å²) in [7, 11) is -0.351. The molecule has 0 N–H and O–H groups in total. The van der Waals surface area contributed by atoms with Crippen LogP contribution in [0.3, 0.4) is 0 Å². The third kappa shape index (κ3) is 7.72. The Labute approximate surface area is 172 Å². The van der Waals surface area contributed by atoms with Crippen molar-refractivity contribution in [2.45, 2.75) is 38.9 Å². The first-order valence-corrected chi connectivity index (χ1v) is 9.77. The summed E-state index contributed by atoms with van der Waals surface area (Å²) in [5.74, 6) is 2.71. The monoisotopic (exact) mass is 403 g/mol. The molecule has 29 heavy (non-hydrogen) atoms. The summed E-state index contributed by atoms with van der Waals surface area (Å²) in [6.07, 6.45) is 1.98. The standard InChI is InChI=1S/C20H30BN3O5/c1-19(2)20(3,4)29-21(28-19)10-9-17-5-7-18(8-6-17)27-16-15-26-14-13-25-12-11-23-24-22/h5-10H,11-16H2,1-4H3/b10-9+. The van der Waals surface area contributed by atoms with E-state index in [1.807, 2.05) is 64.0 Å². The first-order valence-electron chi connectivity index (χ1n) is 9.77. The topological polar surface area (TPSA) is 94.9 Å². The molecule has 0 bridgehead atoms. The minimum atomic E-state index is -0.351. The molecule has 8 nitrogen and oxygen atoms in total. The van der Waals surface area contributed by atoms with E-state index in [4.69, 9.17) is 29.1 Å². The fourth-order valence-corrected chi connectivity index (χ4v) is 2.52. The molecule has 1 fully saturated rings. The molecule has 1 aliphatic rings. The number of nitrogens with zero attached hydrogens (tertiary/aromatic N) is 3. The molecule has 2 rings (SSSR count). The van der Waals surface area contributed by atoms with Crippen LogP contribution in [-0.2, 0) is 18.8 Å². The van der Waals surface area contributed by atoms with Gasteiger partial charge in [-0.3, -0.25) is 0 Å². The molecule has 1 aromatic rings. The summed E-state index contributed by atoms with van der Waals surface area (Å²) in [4.78, 5) is 2.65. The van der Waals surface area contributed by atoms with Crippen LogP contribution in [0.1, 0.15) is 33.3 Å². The number of hydrogen-bond acceptors (Lipinski definition) is 6. The van der Waals surface area contributed by atoms with E-state index >= 15 is 0 Å². The van der Waals surface area contributed by atoms with Crippen molar-refractivity contribution in [3.63, 3.8) is 0 Å². The molecule has 0 atom stereocenters. The van der Waals surface area contributed by atoms with Gasteiger partial charge in [0.05, 0.1) is 37.6 Å². The van der Waals surface area contributed by atoms with Gasteiger partial charge < -0.3 is 23.5 Å². The van der Waals surface area contributed by atoms with Gasteiger partial charge in [0.15, 0.2) is 0 Å². The third-order valence-electron chi connectivity index (χ3n) is 4.86. The molecular weight excluding hydrogens is 373 g/mol. The average Bonchev–Trinajstić information content (AvgIpc) is 2.89. The van der Waals surface area contributed by atoms with Gasteiger partial charge >= 0.3 is 7.12 Å². The molecule has 0 aliphatic carbocycles. The lowest BCUT2D eigenvalue weighted by molar-refractivity contribution is 0.00578. The van der Waals surface area contributed by atoms with Crippen molar-refractivity contribution in [1.29, 1.82) is 0 Å². The zero-order chi connectivity index (χ0) is 21.2. The van der Waals surface area contributed by atoms with E-state index in [0.29, 0.717) is 39.6 Å². The number of azide groups is 1. The Morgan fingerprint density at radius 2 is 1.55 bits per heavy atom. The van der Waals surface area contributed by atoms with Gasteiger partial charge in [-0.05, 0) is 50.9 Å². The Hall–Kier alpha value is -2.03. The van der Waals surface area contributed by atoms with Gasteiger partial charge in [-0.15, -0.1) is 0 Å². The van der Waals surface area contributed by atoms with Crippen LogP contribution in [0, 0.1) is 0 Å². The Balaban J connectivity index is 1.62. The van der Waals surface area contributed by atoms with E-state index in [1.165, 1.54) is 0 Å². The van der Waals surface area contributed by atoms with Crippen LogP contribution in [0.4, 0.5) is 0 Å². The molecule has 1 aliphatic heterocycles. The molecule has 0 radical (unpaired) electrons. The molecule has 9 heteroatoms. The maximum atomic E-state index is 8.13. The van der Waals surface area contributed by atoms with Crippen molar-refractivity contribution in [2.24, 2.45) is 5.11 Å². The lowest BCUT2D eigenvalue weighted by Crippen LogP contribution is -2.41. The van der Waals surface area contributed by atoms with Crippen LogP contribution < -0.4 is 4.74 Å². The van der Waals surface area contributed by atoms with Crippen molar-refractivity contribution >= 4 is 13.2 Å². The predicted molar refractivity (Wildman–Crippen MR) is 113 cm³/mol. The predicted octanol–water partition coefficient (Wildman–Crippen LogP) is 4.05. The van der Waals surface area contributed by atoms with Crippen molar-refractivity contribution < 1.29 is 23.5 Å². The van der Waals surface area contributed by atoms with Gasteiger partial charge in [-0.25, -0.2) is 0 Å². The largest absolute Gasteiger partial charge is 0.491 e. The highest BCUT2D eigenvalue weighted by molar-refractivity contribution is 6.52. The maximum absolute atomic E-state index is 8.13. The van der Waals surface area contributed by atoms with E-state index in [9.17, 15) is 0 Å². The lowest BCUT2D eigenvalue weighted by atomic mass is 9.89. The smallest absolute Gasteiger partial charge is 0.487 e.